The Balaban J connectivity index is 0.000000132. The minimum absolute atomic E-state index is 0.0651. The van der Waals surface area contributed by atoms with E-state index in [4.69, 9.17) is 25.5 Å². The van der Waals surface area contributed by atoms with E-state index in [1.807, 2.05) is 332 Å². The maximum atomic E-state index is 12.7. The lowest BCUT2D eigenvalue weighted by Gasteiger charge is -2.34. The molecular weight excluding hydrogens is 1780 g/mol. The van der Waals surface area contributed by atoms with Crippen molar-refractivity contribution < 1.29 is 47.6 Å². The van der Waals surface area contributed by atoms with Crippen LogP contribution in [0.5, 0.6) is 5.75 Å². The van der Waals surface area contributed by atoms with E-state index in [1.54, 1.807) is 92.8 Å². The van der Waals surface area contributed by atoms with Crippen molar-refractivity contribution in [3.05, 3.63) is 485 Å². The third-order valence-electron chi connectivity index (χ3n) is 20.3. The van der Waals surface area contributed by atoms with Crippen molar-refractivity contribution in [3.8, 4) is 5.75 Å². The number of carbonyl (C=O) groups is 6. The van der Waals surface area contributed by atoms with Gasteiger partial charge in [0.15, 0.2) is 5.76 Å². The van der Waals surface area contributed by atoms with Crippen LogP contribution in [0.2, 0.25) is 5.02 Å². The summed E-state index contributed by atoms with van der Waals surface area (Å²) in [5.74, 6) is -0.0382. The molecule has 2 aliphatic heterocycles. The lowest BCUT2D eigenvalue weighted by Crippen LogP contribution is -2.49. The van der Waals surface area contributed by atoms with Gasteiger partial charge >= 0.3 is 10.9 Å². The number of benzene rings is 8. The summed E-state index contributed by atoms with van der Waals surface area (Å²) in [6.07, 6.45) is 40.7. The Morgan fingerprint density at radius 3 is 1.14 bits per heavy atom. The first kappa shape index (κ1) is 95.9. The summed E-state index contributed by atoms with van der Waals surface area (Å²) in [4.78, 5) is 85.9. The third-order valence-corrected chi connectivity index (χ3v) is 22.1. The number of methoxy groups -OCH3 is 1. The van der Waals surface area contributed by atoms with E-state index in [-0.39, 0.29) is 52.0 Å². The first-order valence-corrected chi connectivity index (χ1v) is 45.3. The van der Waals surface area contributed by atoms with Gasteiger partial charge in [0.05, 0.1) is 101 Å². The van der Waals surface area contributed by atoms with Crippen LogP contribution < -0.4 is 10.1 Å². The summed E-state index contributed by atoms with van der Waals surface area (Å²) >= 11 is 8.26. The summed E-state index contributed by atoms with van der Waals surface area (Å²) in [5.41, 5.74) is 14.2. The molecule has 0 radical (unpaired) electrons. The van der Waals surface area contributed by atoms with Gasteiger partial charge in [0.2, 0.25) is 0 Å². The highest BCUT2D eigenvalue weighted by Gasteiger charge is 2.23. The molecule has 1 saturated heterocycles. The van der Waals surface area contributed by atoms with Crippen LogP contribution in [0.15, 0.2) is 379 Å². The first-order chi connectivity index (χ1) is 67.0. The number of nitrogens with one attached hydrogen (secondary N) is 1. The Morgan fingerprint density at radius 2 is 0.796 bits per heavy atom. The Hall–Kier alpha value is -17.2. The number of nitrogens with zero attached hydrogens (tertiary/aromatic N) is 14. The van der Waals surface area contributed by atoms with Crippen molar-refractivity contribution in [1.82, 2.24) is 68.9 Å². The second-order valence-corrected chi connectivity index (χ2v) is 32.2. The number of allylic oxidation sites excluding steroid dienone is 2. The zero-order valence-corrected chi connectivity index (χ0v) is 76.3. The SMILES string of the molecule is COc1ccc(CC(=O)n2ccc(/C=C/c3ccccc3)n2)cc1.O=C(C1=CNC(N2CCOCC2)C=C1)n1ccc(/C=C/c2ccccc2)n1.O=C(Cc1ccc(Cl)cc1)n1ccc(/C=C/c2ccccc2)n1.O=C(c1ccco1)n1ccc(/C=C/c2ccccc2)n1.O=C(c1ccsc1)n1ccc(/C=C/c2ccccc2)n1.O=C(c1csc([N+](=O)[O-])c1)n1ccc(/C=C/c2ccccc2)n1. The molecule has 0 bridgehead atoms. The van der Waals surface area contributed by atoms with Gasteiger partial charge < -0.3 is 19.2 Å². The molecule has 26 nitrogen and oxygen atoms in total. The standard InChI is InChI=1S/C21H22N4O2.C20H18N2O2.C19H15ClN2O.C16H11N3O3S.C16H12N2O2.C16H12N2OS/c26-21(18-7-9-20(22-16-18)24-12-14-27-15-13-24)25-11-10-19(23-25)8-6-17-4-2-1-3-5-17;1-24-19-11-8-17(9-12-19)15-20(23)22-14-13-18(21-22)10-7-16-5-3-2-4-6-16;20-17-9-6-16(7-10-17)14-19(23)22-13-12-18(21-22)11-8-15-4-2-1-3-5-15;20-16(13-10-15(19(21)22)23-11-13)18-9-8-14(17-18)7-6-12-4-2-1-3-5-12;19-16(15-7-4-12-20-15)18-11-10-14(17-18)9-8-13-5-2-1-3-6-13;19-16(14-9-11-20-12-14)18-10-8-15(17-18)7-6-13-4-2-1-3-5-13/h1-11,16,20,22H,12-15H2;2-14H,15H2,1H3;1-13H,14H2;1-11H;2*1-12H/b8-6+;10-7+;11-8+;7-6+;9-8+;7-6+. The number of furan rings is 1. The molecule has 0 saturated carbocycles. The highest BCUT2D eigenvalue weighted by atomic mass is 35.5. The second kappa shape index (κ2) is 49.9. The van der Waals surface area contributed by atoms with E-state index in [0.717, 1.165) is 111 Å². The third kappa shape index (κ3) is 29.7. The number of rotatable bonds is 23. The normalized spacial score (nSPS) is 12.8. The van der Waals surface area contributed by atoms with Gasteiger partial charge in [0.1, 0.15) is 5.75 Å². The minimum atomic E-state index is -0.515. The average molecular weight is 1870 g/mol. The predicted molar refractivity (Wildman–Crippen MR) is 539 cm³/mol. The molecule has 1 atom stereocenters. The van der Waals surface area contributed by atoms with Crippen molar-refractivity contribution >= 4 is 148 Å². The van der Waals surface area contributed by atoms with Gasteiger partial charge in [-0.25, -0.2) is 28.1 Å². The fourth-order valence-electron chi connectivity index (χ4n) is 13.1. The van der Waals surface area contributed by atoms with Gasteiger partial charge in [0.25, 0.3) is 29.5 Å². The van der Waals surface area contributed by atoms with Crippen molar-refractivity contribution in [2.24, 2.45) is 0 Å². The zero-order valence-electron chi connectivity index (χ0n) is 73.9. The van der Waals surface area contributed by atoms with E-state index < -0.39 is 10.8 Å². The Bertz CT molecular complexity index is 6920. The molecule has 29 heteroatoms. The lowest BCUT2D eigenvalue weighted by atomic mass is 10.1. The maximum absolute atomic E-state index is 12.7. The second-order valence-electron chi connectivity index (χ2n) is 30.1. The van der Waals surface area contributed by atoms with Crippen LogP contribution >= 0.6 is 34.3 Å². The molecule has 17 aromatic rings. The fourth-order valence-corrected chi connectivity index (χ4v) is 14.6. The van der Waals surface area contributed by atoms with E-state index in [1.165, 1.54) is 63.3 Å². The lowest BCUT2D eigenvalue weighted by molar-refractivity contribution is -0.380. The van der Waals surface area contributed by atoms with Gasteiger partial charge in [0, 0.05) is 78.3 Å². The number of carbonyl (C=O) groups excluding carboxylic acids is 6. The Kier molecular flexibility index (Phi) is 34.9. The summed E-state index contributed by atoms with van der Waals surface area (Å²) in [6.45, 7) is 3.26. The van der Waals surface area contributed by atoms with Crippen LogP contribution in [0, 0.1) is 10.1 Å². The largest absolute Gasteiger partial charge is 0.497 e. The minimum Gasteiger partial charge on any atom is -0.497 e. The average Bonchev–Trinajstić information content (AvgIpc) is 1.62. The summed E-state index contributed by atoms with van der Waals surface area (Å²) in [5, 5.41) is 45.3. The highest BCUT2D eigenvalue weighted by Crippen LogP contribution is 2.25. The topological polar surface area (TPSA) is 299 Å². The smallest absolute Gasteiger partial charge is 0.324 e. The van der Waals surface area contributed by atoms with Crippen LogP contribution in [-0.2, 0) is 17.6 Å². The van der Waals surface area contributed by atoms with Crippen molar-refractivity contribution in [2.45, 2.75) is 19.0 Å². The van der Waals surface area contributed by atoms with Gasteiger partial charge in [-0.2, -0.15) is 41.9 Å². The van der Waals surface area contributed by atoms with Crippen LogP contribution in [-0.4, -0.2) is 144 Å². The molecule has 0 aliphatic carbocycles. The van der Waals surface area contributed by atoms with E-state index in [9.17, 15) is 38.9 Å². The number of hydrogen-bond donors (Lipinski definition) is 1. The number of nitro groups is 1. The number of dihydropyridines is 1. The number of morpholine rings is 1. The monoisotopic (exact) mass is 1870 g/mol. The molecule has 1 unspecified atom stereocenters. The number of hydrogen-bond acceptors (Lipinski definition) is 21. The quantitative estimate of drug-likeness (QED) is 0.0459. The van der Waals surface area contributed by atoms with Crippen LogP contribution in [0.4, 0.5) is 5.00 Å². The van der Waals surface area contributed by atoms with Gasteiger partial charge in [-0.05, 0) is 177 Å². The molecule has 2 aliphatic rings. The van der Waals surface area contributed by atoms with Crippen LogP contribution in [0.25, 0.3) is 72.9 Å². The Morgan fingerprint density at radius 1 is 0.431 bits per heavy atom. The molecular formula is C108H90ClN15O11S2. The number of aromatic nitrogens is 12. The van der Waals surface area contributed by atoms with E-state index in [0.29, 0.717) is 40.4 Å². The molecule has 0 spiro atoms. The summed E-state index contributed by atoms with van der Waals surface area (Å²) < 4.78 is 23.5. The number of halogens is 1. The molecule has 9 aromatic heterocycles. The summed E-state index contributed by atoms with van der Waals surface area (Å²) in [6, 6.07) is 91.4. The molecule has 11 heterocycles. The predicted octanol–water partition coefficient (Wildman–Crippen LogP) is 21.8. The summed E-state index contributed by atoms with van der Waals surface area (Å²) in [7, 11) is 1.62. The number of ether oxygens (including phenoxy) is 2. The first-order valence-electron chi connectivity index (χ1n) is 43.1. The van der Waals surface area contributed by atoms with E-state index >= 15 is 0 Å². The zero-order chi connectivity index (χ0) is 95.1. The Labute approximate surface area is 802 Å². The van der Waals surface area contributed by atoms with Crippen LogP contribution in [0.3, 0.4) is 0 Å². The fraction of sp³-hybridized carbons (Fsp3) is 0.0741. The maximum Gasteiger partial charge on any atom is 0.324 e. The van der Waals surface area contributed by atoms with Gasteiger partial charge in [-0.15, -0.1) is 0 Å². The molecule has 682 valence electrons. The van der Waals surface area contributed by atoms with Gasteiger partial charge in [-0.1, -0.05) is 266 Å². The molecule has 137 heavy (non-hydrogen) atoms. The van der Waals surface area contributed by atoms with Gasteiger partial charge in [-0.3, -0.25) is 43.8 Å². The molecule has 19 rings (SSSR count). The van der Waals surface area contributed by atoms with Crippen LogP contribution in [0.1, 0.15) is 124 Å². The molecule has 1 N–H and O–H groups in total. The van der Waals surface area contributed by atoms with Crippen molar-refractivity contribution in [2.75, 3.05) is 33.4 Å². The van der Waals surface area contributed by atoms with E-state index in [2.05, 4.69) is 40.8 Å². The number of thiophene rings is 2. The molecule has 0 amide bonds. The van der Waals surface area contributed by atoms with Crippen molar-refractivity contribution in [3.63, 3.8) is 0 Å². The molecule has 1 fully saturated rings. The molecule has 8 aromatic carbocycles. The van der Waals surface area contributed by atoms with Crippen molar-refractivity contribution in [1.29, 1.82) is 0 Å². The highest BCUT2D eigenvalue weighted by molar-refractivity contribution is 7.13.